The number of non-ortho nitro benzene ring substituents is 1. The van der Waals surface area contributed by atoms with Gasteiger partial charge in [-0.25, -0.2) is 0 Å². The standard InChI is InChI=1S/C15H14N4O4/c1-10-5-3-4-6-13(10)11(2)16-17-14-8-7-12(18(20)21)9-15(14)19(22)23/h3-9,17H,1-2H3/b16-11-. The first kappa shape index (κ1) is 16.1. The summed E-state index contributed by atoms with van der Waals surface area (Å²) in [6, 6.07) is 11.0. The lowest BCUT2D eigenvalue weighted by Gasteiger charge is -2.06. The van der Waals surface area contributed by atoms with Gasteiger partial charge in [0, 0.05) is 11.6 Å². The average molecular weight is 314 g/mol. The van der Waals surface area contributed by atoms with E-state index in [-0.39, 0.29) is 11.4 Å². The molecule has 0 radical (unpaired) electrons. The van der Waals surface area contributed by atoms with E-state index >= 15 is 0 Å². The minimum Gasteiger partial charge on any atom is -0.271 e. The van der Waals surface area contributed by atoms with Crippen molar-refractivity contribution in [2.75, 3.05) is 5.43 Å². The Balaban J connectivity index is 2.33. The molecule has 0 saturated heterocycles. The first-order valence-electron chi connectivity index (χ1n) is 6.69. The maximum atomic E-state index is 11.1. The third kappa shape index (κ3) is 3.67. The van der Waals surface area contributed by atoms with E-state index in [1.807, 2.05) is 31.2 Å². The summed E-state index contributed by atoms with van der Waals surface area (Å²) in [6.07, 6.45) is 0. The molecule has 23 heavy (non-hydrogen) atoms. The zero-order valence-electron chi connectivity index (χ0n) is 12.5. The molecular formula is C15H14N4O4. The zero-order valence-corrected chi connectivity index (χ0v) is 12.5. The molecule has 2 rings (SSSR count). The van der Waals surface area contributed by atoms with E-state index in [0.29, 0.717) is 5.71 Å². The quantitative estimate of drug-likeness (QED) is 0.514. The molecule has 0 aliphatic heterocycles. The number of aryl methyl sites for hydroxylation is 1. The Morgan fingerprint density at radius 3 is 2.39 bits per heavy atom. The summed E-state index contributed by atoms with van der Waals surface area (Å²) < 4.78 is 0. The fraction of sp³-hybridized carbons (Fsp3) is 0.133. The molecule has 0 bridgehead atoms. The van der Waals surface area contributed by atoms with Crippen LogP contribution < -0.4 is 5.43 Å². The Morgan fingerprint density at radius 1 is 1.09 bits per heavy atom. The van der Waals surface area contributed by atoms with Crippen molar-refractivity contribution in [3.8, 4) is 0 Å². The third-order valence-corrected chi connectivity index (χ3v) is 3.27. The monoisotopic (exact) mass is 314 g/mol. The normalized spacial score (nSPS) is 11.1. The second kappa shape index (κ2) is 6.65. The number of benzene rings is 2. The van der Waals surface area contributed by atoms with Crippen molar-refractivity contribution in [3.05, 3.63) is 73.8 Å². The van der Waals surface area contributed by atoms with Crippen molar-refractivity contribution in [2.24, 2.45) is 5.10 Å². The third-order valence-electron chi connectivity index (χ3n) is 3.27. The van der Waals surface area contributed by atoms with E-state index in [9.17, 15) is 20.2 Å². The first-order valence-corrected chi connectivity index (χ1v) is 6.69. The van der Waals surface area contributed by atoms with Crippen molar-refractivity contribution in [3.63, 3.8) is 0 Å². The lowest BCUT2D eigenvalue weighted by atomic mass is 10.1. The van der Waals surface area contributed by atoms with Gasteiger partial charge in [0.05, 0.1) is 21.6 Å². The lowest BCUT2D eigenvalue weighted by Crippen LogP contribution is -2.03. The maximum absolute atomic E-state index is 11.1. The van der Waals surface area contributed by atoms with E-state index in [4.69, 9.17) is 0 Å². The van der Waals surface area contributed by atoms with Crippen LogP contribution >= 0.6 is 0 Å². The van der Waals surface area contributed by atoms with Crippen LogP contribution in [0.3, 0.4) is 0 Å². The summed E-state index contributed by atoms with van der Waals surface area (Å²) in [5.41, 5.74) is 4.53. The Kier molecular flexibility index (Phi) is 4.65. The van der Waals surface area contributed by atoms with Crippen LogP contribution in [-0.2, 0) is 0 Å². The number of nitrogens with zero attached hydrogens (tertiary/aromatic N) is 3. The number of hydrazone groups is 1. The summed E-state index contributed by atoms with van der Waals surface area (Å²) in [5.74, 6) is 0. The highest BCUT2D eigenvalue weighted by Crippen LogP contribution is 2.29. The number of nitro benzene ring substituents is 2. The van der Waals surface area contributed by atoms with Crippen LogP contribution in [0.1, 0.15) is 18.1 Å². The minimum atomic E-state index is -0.687. The molecule has 0 saturated carbocycles. The van der Waals surface area contributed by atoms with Gasteiger partial charge in [-0.15, -0.1) is 0 Å². The number of hydrogen-bond acceptors (Lipinski definition) is 6. The predicted octanol–water partition coefficient (Wildman–Crippen LogP) is 3.65. The SMILES string of the molecule is C/C(=N/Nc1ccc([N+](=O)[O-])cc1[N+](=O)[O-])c1ccccc1C. The van der Waals surface area contributed by atoms with Crippen LogP contribution in [-0.4, -0.2) is 15.6 Å². The molecular weight excluding hydrogens is 300 g/mol. The predicted molar refractivity (Wildman–Crippen MR) is 86.8 cm³/mol. The molecule has 8 nitrogen and oxygen atoms in total. The number of hydrogen-bond donors (Lipinski definition) is 1. The van der Waals surface area contributed by atoms with Crippen molar-refractivity contribution in [1.82, 2.24) is 0 Å². The van der Waals surface area contributed by atoms with Gasteiger partial charge < -0.3 is 0 Å². The van der Waals surface area contributed by atoms with Crippen molar-refractivity contribution < 1.29 is 9.85 Å². The number of anilines is 1. The van der Waals surface area contributed by atoms with Crippen LogP contribution in [0.25, 0.3) is 0 Å². The van der Waals surface area contributed by atoms with Gasteiger partial charge in [0.15, 0.2) is 0 Å². The minimum absolute atomic E-state index is 0.0912. The molecule has 0 aliphatic rings. The van der Waals surface area contributed by atoms with Gasteiger partial charge in [-0.05, 0) is 25.5 Å². The van der Waals surface area contributed by atoms with Gasteiger partial charge in [0.25, 0.3) is 5.69 Å². The highest BCUT2D eigenvalue weighted by atomic mass is 16.6. The molecule has 0 aromatic heterocycles. The molecule has 0 unspecified atom stereocenters. The van der Waals surface area contributed by atoms with Gasteiger partial charge in [-0.2, -0.15) is 5.10 Å². The second-order valence-electron chi connectivity index (χ2n) is 4.84. The van der Waals surface area contributed by atoms with Gasteiger partial charge in [0.1, 0.15) is 5.69 Å². The van der Waals surface area contributed by atoms with Crippen molar-refractivity contribution >= 4 is 22.8 Å². The zero-order chi connectivity index (χ0) is 17.0. The van der Waals surface area contributed by atoms with E-state index in [1.54, 1.807) is 6.92 Å². The highest BCUT2D eigenvalue weighted by Gasteiger charge is 2.19. The van der Waals surface area contributed by atoms with E-state index in [2.05, 4.69) is 10.5 Å². The number of rotatable bonds is 5. The van der Waals surface area contributed by atoms with E-state index in [0.717, 1.165) is 17.2 Å². The highest BCUT2D eigenvalue weighted by molar-refractivity contribution is 6.00. The summed E-state index contributed by atoms with van der Waals surface area (Å²) in [7, 11) is 0. The van der Waals surface area contributed by atoms with E-state index in [1.165, 1.54) is 12.1 Å². The van der Waals surface area contributed by atoms with Gasteiger partial charge in [-0.3, -0.25) is 25.7 Å². The van der Waals surface area contributed by atoms with Crippen LogP contribution in [0.2, 0.25) is 0 Å². The van der Waals surface area contributed by atoms with Gasteiger partial charge >= 0.3 is 5.69 Å². The summed E-state index contributed by atoms with van der Waals surface area (Å²) in [4.78, 5) is 20.4. The Morgan fingerprint density at radius 2 is 1.78 bits per heavy atom. The van der Waals surface area contributed by atoms with Crippen LogP contribution in [0.15, 0.2) is 47.6 Å². The van der Waals surface area contributed by atoms with Gasteiger partial charge in [0.2, 0.25) is 0 Å². The average Bonchev–Trinajstić information content (AvgIpc) is 2.52. The molecule has 0 heterocycles. The summed E-state index contributed by atoms with van der Waals surface area (Å²) in [6.45, 7) is 3.70. The van der Waals surface area contributed by atoms with Crippen LogP contribution in [0.4, 0.5) is 17.1 Å². The lowest BCUT2D eigenvalue weighted by molar-refractivity contribution is -0.393. The largest absolute Gasteiger partial charge is 0.301 e. The molecule has 8 heteroatoms. The molecule has 118 valence electrons. The molecule has 1 N–H and O–H groups in total. The molecule has 0 fully saturated rings. The maximum Gasteiger partial charge on any atom is 0.301 e. The number of nitro groups is 2. The number of nitrogens with one attached hydrogen (secondary N) is 1. The fourth-order valence-corrected chi connectivity index (χ4v) is 2.06. The van der Waals surface area contributed by atoms with Crippen LogP contribution in [0.5, 0.6) is 0 Å². The summed E-state index contributed by atoms with van der Waals surface area (Å²) in [5, 5.41) is 25.9. The molecule has 0 atom stereocenters. The second-order valence-corrected chi connectivity index (χ2v) is 4.84. The Hall–Kier alpha value is -3.29. The van der Waals surface area contributed by atoms with Crippen LogP contribution in [0, 0.1) is 27.2 Å². The van der Waals surface area contributed by atoms with Crippen molar-refractivity contribution in [2.45, 2.75) is 13.8 Å². The van der Waals surface area contributed by atoms with E-state index < -0.39 is 15.5 Å². The Labute approximate surface area is 131 Å². The first-order chi connectivity index (χ1) is 10.9. The Bertz CT molecular complexity index is 802. The molecule has 2 aromatic carbocycles. The molecule has 0 spiro atoms. The topological polar surface area (TPSA) is 111 Å². The summed E-state index contributed by atoms with van der Waals surface area (Å²) >= 11 is 0. The fourth-order valence-electron chi connectivity index (χ4n) is 2.06. The molecule has 0 amide bonds. The molecule has 0 aliphatic carbocycles. The van der Waals surface area contributed by atoms with Gasteiger partial charge in [-0.1, -0.05) is 24.3 Å². The smallest absolute Gasteiger partial charge is 0.271 e. The van der Waals surface area contributed by atoms with Crippen molar-refractivity contribution in [1.29, 1.82) is 0 Å². The molecule has 2 aromatic rings.